The molecule has 0 aromatic carbocycles. The third kappa shape index (κ3) is 1.95. The van der Waals surface area contributed by atoms with Crippen LogP contribution in [-0.2, 0) is 0 Å². The van der Waals surface area contributed by atoms with E-state index < -0.39 is 0 Å². The highest BCUT2D eigenvalue weighted by atomic mass is 15.2. The molecule has 0 aromatic rings. The van der Waals surface area contributed by atoms with Crippen LogP contribution in [0.4, 0.5) is 0 Å². The Hall–Kier alpha value is -0.0400. The van der Waals surface area contributed by atoms with Gasteiger partial charge in [-0.15, -0.1) is 0 Å². The van der Waals surface area contributed by atoms with Crippen LogP contribution in [0.5, 0.6) is 0 Å². The molecule has 2 fully saturated rings. The average molecular weight is 209 g/mol. The number of hydrogen-bond donors (Lipinski definition) is 0. The van der Waals surface area contributed by atoms with Crippen LogP contribution in [0.2, 0.25) is 0 Å². The summed E-state index contributed by atoms with van der Waals surface area (Å²) >= 11 is 0. The lowest BCUT2D eigenvalue weighted by Gasteiger charge is -2.57. The third-order valence-electron chi connectivity index (χ3n) is 4.84. The van der Waals surface area contributed by atoms with Crippen molar-refractivity contribution >= 4 is 0 Å². The van der Waals surface area contributed by atoms with E-state index in [4.69, 9.17) is 0 Å². The molecule has 0 amide bonds. The second-order valence-corrected chi connectivity index (χ2v) is 6.36. The van der Waals surface area contributed by atoms with Crippen LogP contribution in [0.1, 0.15) is 59.8 Å². The zero-order chi connectivity index (χ0) is 11.1. The Kier molecular flexibility index (Phi) is 3.12. The standard InChI is InChI=1S/C14H27N/c1-11(2)13-6-9-15(12(3)4)14(10-13)7-5-8-14/h11-13H,5-10H2,1-4H3/t13-/m0/s1. The van der Waals surface area contributed by atoms with Crippen molar-refractivity contribution in [1.29, 1.82) is 0 Å². The number of rotatable bonds is 2. The maximum Gasteiger partial charge on any atom is 0.0215 e. The lowest BCUT2D eigenvalue weighted by molar-refractivity contribution is -0.0642. The largest absolute Gasteiger partial charge is 0.295 e. The Balaban J connectivity index is 2.07. The Labute approximate surface area is 95.2 Å². The number of nitrogens with zero attached hydrogens (tertiary/aromatic N) is 1. The van der Waals surface area contributed by atoms with Crippen LogP contribution >= 0.6 is 0 Å². The molecule has 15 heavy (non-hydrogen) atoms. The van der Waals surface area contributed by atoms with E-state index in [-0.39, 0.29) is 0 Å². The minimum absolute atomic E-state index is 0.626. The van der Waals surface area contributed by atoms with Crippen molar-refractivity contribution in [2.24, 2.45) is 11.8 Å². The van der Waals surface area contributed by atoms with Gasteiger partial charge in [-0.05, 0) is 64.3 Å². The molecule has 0 radical (unpaired) electrons. The summed E-state index contributed by atoms with van der Waals surface area (Å²) < 4.78 is 0. The van der Waals surface area contributed by atoms with Crippen LogP contribution in [-0.4, -0.2) is 23.0 Å². The molecule has 0 N–H and O–H groups in total. The first-order chi connectivity index (χ1) is 7.05. The van der Waals surface area contributed by atoms with Crippen molar-refractivity contribution in [3.63, 3.8) is 0 Å². The van der Waals surface area contributed by atoms with E-state index in [0.29, 0.717) is 5.54 Å². The van der Waals surface area contributed by atoms with Crippen molar-refractivity contribution in [3.8, 4) is 0 Å². The predicted octanol–water partition coefficient (Wildman–Crippen LogP) is 3.69. The number of piperidine rings is 1. The third-order valence-corrected chi connectivity index (χ3v) is 4.84. The van der Waals surface area contributed by atoms with Crippen molar-refractivity contribution in [2.45, 2.75) is 71.4 Å². The minimum Gasteiger partial charge on any atom is -0.295 e. The molecule has 1 spiro atoms. The summed E-state index contributed by atoms with van der Waals surface area (Å²) in [7, 11) is 0. The molecule has 1 saturated carbocycles. The first-order valence-electron chi connectivity index (χ1n) is 6.82. The fraction of sp³-hybridized carbons (Fsp3) is 1.00. The summed E-state index contributed by atoms with van der Waals surface area (Å²) in [5, 5.41) is 0. The maximum absolute atomic E-state index is 2.80. The molecular formula is C14H27N. The van der Waals surface area contributed by atoms with Crippen LogP contribution in [0.3, 0.4) is 0 Å². The lowest BCUT2D eigenvalue weighted by atomic mass is 9.65. The van der Waals surface area contributed by atoms with Crippen molar-refractivity contribution < 1.29 is 0 Å². The molecule has 88 valence electrons. The number of hydrogen-bond acceptors (Lipinski definition) is 1. The molecule has 2 aliphatic rings. The molecule has 2 rings (SSSR count). The number of likely N-dealkylation sites (tertiary alicyclic amines) is 1. The Morgan fingerprint density at radius 3 is 2.20 bits per heavy atom. The van der Waals surface area contributed by atoms with E-state index in [1.54, 1.807) is 0 Å². The van der Waals surface area contributed by atoms with Crippen molar-refractivity contribution in [2.75, 3.05) is 6.54 Å². The molecule has 1 aliphatic carbocycles. The van der Waals surface area contributed by atoms with Gasteiger partial charge in [0.1, 0.15) is 0 Å². The molecular weight excluding hydrogens is 182 g/mol. The molecule has 0 unspecified atom stereocenters. The normalized spacial score (nSPS) is 31.2. The zero-order valence-electron chi connectivity index (χ0n) is 10.9. The van der Waals surface area contributed by atoms with E-state index >= 15 is 0 Å². The Bertz CT molecular complexity index is 215. The Morgan fingerprint density at radius 2 is 1.80 bits per heavy atom. The van der Waals surface area contributed by atoms with Gasteiger partial charge in [-0.1, -0.05) is 13.8 Å². The second-order valence-electron chi connectivity index (χ2n) is 6.36. The monoisotopic (exact) mass is 209 g/mol. The van der Waals surface area contributed by atoms with E-state index in [0.717, 1.165) is 17.9 Å². The van der Waals surface area contributed by atoms with Gasteiger partial charge < -0.3 is 0 Å². The quantitative estimate of drug-likeness (QED) is 0.670. The van der Waals surface area contributed by atoms with Crippen molar-refractivity contribution in [1.82, 2.24) is 4.90 Å². The van der Waals surface area contributed by atoms with Gasteiger partial charge in [0.2, 0.25) is 0 Å². The van der Waals surface area contributed by atoms with Crippen LogP contribution in [0.25, 0.3) is 0 Å². The topological polar surface area (TPSA) is 3.24 Å². The first kappa shape index (κ1) is 11.4. The minimum atomic E-state index is 0.626. The highest BCUT2D eigenvalue weighted by Gasteiger charge is 2.47. The fourth-order valence-corrected chi connectivity index (χ4v) is 3.70. The van der Waals surface area contributed by atoms with Gasteiger partial charge in [0.05, 0.1) is 0 Å². The highest BCUT2D eigenvalue weighted by Crippen LogP contribution is 2.48. The summed E-state index contributed by atoms with van der Waals surface area (Å²) in [6.07, 6.45) is 7.30. The molecule has 1 saturated heterocycles. The fourth-order valence-electron chi connectivity index (χ4n) is 3.70. The van der Waals surface area contributed by atoms with Crippen LogP contribution < -0.4 is 0 Å². The predicted molar refractivity (Wildman–Crippen MR) is 66.0 cm³/mol. The average Bonchev–Trinajstić information content (AvgIpc) is 2.14. The van der Waals surface area contributed by atoms with Gasteiger partial charge in [0.25, 0.3) is 0 Å². The molecule has 1 atom stereocenters. The lowest BCUT2D eigenvalue weighted by Crippen LogP contribution is -2.60. The van der Waals surface area contributed by atoms with Crippen LogP contribution in [0, 0.1) is 11.8 Å². The first-order valence-corrected chi connectivity index (χ1v) is 6.82. The summed E-state index contributed by atoms with van der Waals surface area (Å²) in [5.41, 5.74) is 0.626. The second kappa shape index (κ2) is 4.08. The molecule has 1 heterocycles. The molecule has 1 heteroatoms. The van der Waals surface area contributed by atoms with Gasteiger partial charge in [-0.2, -0.15) is 0 Å². The van der Waals surface area contributed by atoms with E-state index in [1.165, 1.54) is 38.6 Å². The van der Waals surface area contributed by atoms with E-state index in [2.05, 4.69) is 32.6 Å². The summed E-state index contributed by atoms with van der Waals surface area (Å²) in [6, 6.07) is 0.749. The molecule has 0 aromatic heterocycles. The molecule has 1 nitrogen and oxygen atoms in total. The van der Waals surface area contributed by atoms with Gasteiger partial charge in [0, 0.05) is 11.6 Å². The highest BCUT2D eigenvalue weighted by molar-refractivity contribution is 5.03. The Morgan fingerprint density at radius 1 is 1.13 bits per heavy atom. The zero-order valence-corrected chi connectivity index (χ0v) is 10.9. The maximum atomic E-state index is 2.80. The van der Waals surface area contributed by atoms with Crippen LogP contribution in [0.15, 0.2) is 0 Å². The summed E-state index contributed by atoms with van der Waals surface area (Å²) in [6.45, 7) is 10.9. The van der Waals surface area contributed by atoms with Gasteiger partial charge >= 0.3 is 0 Å². The van der Waals surface area contributed by atoms with E-state index in [1.807, 2.05) is 0 Å². The van der Waals surface area contributed by atoms with Gasteiger partial charge in [-0.3, -0.25) is 4.90 Å². The molecule has 1 aliphatic heterocycles. The van der Waals surface area contributed by atoms with Crippen molar-refractivity contribution in [3.05, 3.63) is 0 Å². The molecule has 0 bridgehead atoms. The van der Waals surface area contributed by atoms with E-state index in [9.17, 15) is 0 Å². The summed E-state index contributed by atoms with van der Waals surface area (Å²) in [5.74, 6) is 1.87. The SMILES string of the molecule is CC(C)[C@H]1CCN(C(C)C)C2(CCC2)C1. The van der Waals surface area contributed by atoms with Gasteiger partial charge in [-0.25, -0.2) is 0 Å². The smallest absolute Gasteiger partial charge is 0.0215 e. The summed E-state index contributed by atoms with van der Waals surface area (Å²) in [4.78, 5) is 2.80. The van der Waals surface area contributed by atoms with Gasteiger partial charge in [0.15, 0.2) is 0 Å².